The van der Waals surface area contributed by atoms with Crippen LogP contribution in [0, 0.1) is 0 Å². The molecule has 2 N–H and O–H groups in total. The van der Waals surface area contributed by atoms with Crippen LogP contribution in [0.3, 0.4) is 0 Å². The molecule has 3 rings (SSSR count). The maximum absolute atomic E-state index is 12.3. The number of carbonyl (C=O) groups is 1. The van der Waals surface area contributed by atoms with Crippen molar-refractivity contribution in [1.29, 1.82) is 0 Å². The van der Waals surface area contributed by atoms with Gasteiger partial charge in [-0.2, -0.15) is 0 Å². The van der Waals surface area contributed by atoms with Crippen LogP contribution >= 0.6 is 0 Å². The topological polar surface area (TPSA) is 68.2 Å². The van der Waals surface area contributed by atoms with Crippen LogP contribution in [0.2, 0.25) is 0 Å². The fraction of sp³-hybridized carbons (Fsp3) is 0.333. The molecule has 1 amide bonds. The highest BCUT2D eigenvalue weighted by atomic mass is 16.5. The summed E-state index contributed by atoms with van der Waals surface area (Å²) >= 11 is 0. The number of rotatable bonds is 4. The van der Waals surface area contributed by atoms with Gasteiger partial charge in [-0.05, 0) is 18.6 Å². The van der Waals surface area contributed by atoms with E-state index in [0.29, 0.717) is 13.0 Å². The molecule has 6 nitrogen and oxygen atoms in total. The molecule has 0 spiro atoms. The van der Waals surface area contributed by atoms with E-state index in [1.165, 1.54) is 0 Å². The van der Waals surface area contributed by atoms with E-state index in [0.717, 1.165) is 11.4 Å². The summed E-state index contributed by atoms with van der Waals surface area (Å²) in [6.45, 7) is 0.706. The normalized spacial score (nSPS) is 21.4. The van der Waals surface area contributed by atoms with Gasteiger partial charge in [0.25, 0.3) is 0 Å². The number of anilines is 1. The van der Waals surface area contributed by atoms with Gasteiger partial charge in [-0.3, -0.25) is 4.79 Å². The van der Waals surface area contributed by atoms with E-state index < -0.39 is 0 Å². The van der Waals surface area contributed by atoms with Crippen molar-refractivity contribution in [2.75, 3.05) is 19.0 Å². The Morgan fingerprint density at radius 2 is 2.33 bits per heavy atom. The molecule has 1 fully saturated rings. The van der Waals surface area contributed by atoms with Gasteiger partial charge < -0.3 is 19.9 Å². The predicted molar refractivity (Wildman–Crippen MR) is 79.4 cm³/mol. The van der Waals surface area contributed by atoms with Crippen LogP contribution in [0.15, 0.2) is 43.0 Å². The Hall–Kier alpha value is -2.18. The highest BCUT2D eigenvalue weighted by molar-refractivity contribution is 5.96. The summed E-state index contributed by atoms with van der Waals surface area (Å²) in [5.74, 6) is -0.0397. The lowest BCUT2D eigenvalue weighted by Gasteiger charge is -2.14. The molecule has 1 aliphatic rings. The van der Waals surface area contributed by atoms with E-state index in [2.05, 4.69) is 15.6 Å². The van der Waals surface area contributed by atoms with Crippen LogP contribution in [0.4, 0.5) is 5.69 Å². The summed E-state index contributed by atoms with van der Waals surface area (Å²) in [5.41, 5.74) is 1.66. The Morgan fingerprint density at radius 3 is 3.05 bits per heavy atom. The van der Waals surface area contributed by atoms with Gasteiger partial charge in [0, 0.05) is 26.0 Å². The van der Waals surface area contributed by atoms with Crippen molar-refractivity contribution in [3.8, 4) is 5.69 Å². The number of carbonyl (C=O) groups excluding carboxylic acids is 1. The van der Waals surface area contributed by atoms with Gasteiger partial charge >= 0.3 is 0 Å². The first-order chi connectivity index (χ1) is 10.3. The molecule has 0 bridgehead atoms. The van der Waals surface area contributed by atoms with Crippen molar-refractivity contribution >= 4 is 11.6 Å². The maximum Gasteiger partial charge on any atom is 0.241 e. The van der Waals surface area contributed by atoms with Crippen LogP contribution < -0.4 is 10.6 Å². The van der Waals surface area contributed by atoms with Gasteiger partial charge in [-0.15, -0.1) is 0 Å². The van der Waals surface area contributed by atoms with Crippen LogP contribution in [-0.2, 0) is 9.53 Å². The van der Waals surface area contributed by atoms with Crippen LogP contribution in [0.1, 0.15) is 6.42 Å². The molecule has 1 aromatic heterocycles. The Bertz CT molecular complexity index is 612. The number of aromatic nitrogens is 2. The molecular weight excluding hydrogens is 268 g/mol. The lowest BCUT2D eigenvalue weighted by molar-refractivity contribution is -0.118. The molecule has 6 heteroatoms. The first kappa shape index (κ1) is 13.8. The van der Waals surface area contributed by atoms with Gasteiger partial charge in [0.15, 0.2) is 0 Å². The first-order valence-electron chi connectivity index (χ1n) is 6.92. The summed E-state index contributed by atoms with van der Waals surface area (Å²) < 4.78 is 7.14. The van der Waals surface area contributed by atoms with Gasteiger partial charge in [0.1, 0.15) is 0 Å². The minimum absolute atomic E-state index is 0.0397. The monoisotopic (exact) mass is 286 g/mol. The number of amides is 1. The van der Waals surface area contributed by atoms with Crippen molar-refractivity contribution in [2.24, 2.45) is 0 Å². The fourth-order valence-electron chi connectivity index (χ4n) is 2.51. The number of hydrogen-bond acceptors (Lipinski definition) is 4. The predicted octanol–water partition coefficient (Wildman–Crippen LogP) is 1.19. The summed E-state index contributed by atoms with van der Waals surface area (Å²) in [6.07, 6.45) is 6.06. The number of benzene rings is 1. The van der Waals surface area contributed by atoms with E-state index in [9.17, 15) is 4.79 Å². The van der Waals surface area contributed by atoms with E-state index in [-0.39, 0.29) is 18.1 Å². The number of ether oxygens (including phenoxy) is 1. The standard InChI is InChI=1S/C15H18N4O2/c1-21-11-8-13(17-9-11)15(20)18-12-4-2-3-5-14(12)19-7-6-16-10-19/h2-7,10-11,13,17H,8-9H2,1H3,(H,18,20). The second-order valence-electron chi connectivity index (χ2n) is 5.03. The van der Waals surface area contributed by atoms with E-state index in [1.807, 2.05) is 35.0 Å². The third-order valence-electron chi connectivity index (χ3n) is 3.68. The molecule has 1 aliphatic heterocycles. The molecule has 110 valence electrons. The molecular formula is C15H18N4O2. The molecule has 2 heterocycles. The lowest BCUT2D eigenvalue weighted by atomic mass is 10.2. The molecule has 2 aromatic rings. The molecule has 0 aliphatic carbocycles. The number of hydrogen-bond donors (Lipinski definition) is 2. The third-order valence-corrected chi connectivity index (χ3v) is 3.68. The summed E-state index contributed by atoms with van der Waals surface area (Å²) in [7, 11) is 1.67. The van der Waals surface area contributed by atoms with Crippen molar-refractivity contribution in [1.82, 2.24) is 14.9 Å². The van der Waals surface area contributed by atoms with Gasteiger partial charge in [0.2, 0.25) is 5.91 Å². The second kappa shape index (κ2) is 6.07. The largest absolute Gasteiger partial charge is 0.380 e. The number of nitrogens with one attached hydrogen (secondary N) is 2. The van der Waals surface area contributed by atoms with Crippen molar-refractivity contribution in [2.45, 2.75) is 18.6 Å². The van der Waals surface area contributed by atoms with Crippen LogP contribution in [0.5, 0.6) is 0 Å². The Labute approximate surface area is 123 Å². The first-order valence-corrected chi connectivity index (χ1v) is 6.92. The molecule has 0 radical (unpaired) electrons. The number of methoxy groups -OCH3 is 1. The minimum atomic E-state index is -0.217. The molecule has 2 unspecified atom stereocenters. The van der Waals surface area contributed by atoms with Crippen LogP contribution in [-0.4, -0.2) is 41.3 Å². The molecule has 1 aromatic carbocycles. The minimum Gasteiger partial charge on any atom is -0.380 e. The van der Waals surface area contributed by atoms with Crippen molar-refractivity contribution in [3.63, 3.8) is 0 Å². The molecule has 2 atom stereocenters. The zero-order chi connectivity index (χ0) is 14.7. The quantitative estimate of drug-likeness (QED) is 0.886. The Kier molecular flexibility index (Phi) is 3.98. The average molecular weight is 286 g/mol. The van der Waals surface area contributed by atoms with Crippen LogP contribution in [0.25, 0.3) is 5.69 Å². The summed E-state index contributed by atoms with van der Waals surface area (Å²) in [6, 6.07) is 7.44. The number of imidazole rings is 1. The lowest BCUT2D eigenvalue weighted by Crippen LogP contribution is -2.35. The van der Waals surface area contributed by atoms with Gasteiger partial charge in [-0.1, -0.05) is 12.1 Å². The summed E-state index contributed by atoms with van der Waals surface area (Å²) in [4.78, 5) is 16.4. The van der Waals surface area contributed by atoms with Crippen molar-refractivity contribution < 1.29 is 9.53 Å². The number of para-hydroxylation sites is 2. The Balaban J connectivity index is 1.75. The maximum atomic E-state index is 12.3. The smallest absolute Gasteiger partial charge is 0.241 e. The van der Waals surface area contributed by atoms with E-state index >= 15 is 0 Å². The zero-order valence-corrected chi connectivity index (χ0v) is 11.8. The van der Waals surface area contributed by atoms with Gasteiger partial charge in [0.05, 0.1) is 29.8 Å². The van der Waals surface area contributed by atoms with E-state index in [1.54, 1.807) is 19.6 Å². The fourth-order valence-corrected chi connectivity index (χ4v) is 2.51. The zero-order valence-electron chi connectivity index (χ0n) is 11.8. The van der Waals surface area contributed by atoms with Gasteiger partial charge in [-0.25, -0.2) is 4.98 Å². The average Bonchev–Trinajstić information content (AvgIpc) is 3.19. The third kappa shape index (κ3) is 2.96. The molecule has 1 saturated heterocycles. The SMILES string of the molecule is COC1CNC(C(=O)Nc2ccccc2-n2ccnc2)C1. The second-order valence-corrected chi connectivity index (χ2v) is 5.03. The summed E-state index contributed by atoms with van der Waals surface area (Å²) in [5, 5.41) is 6.16. The Morgan fingerprint density at radius 1 is 1.48 bits per heavy atom. The highest BCUT2D eigenvalue weighted by Crippen LogP contribution is 2.20. The molecule has 0 saturated carbocycles. The molecule has 21 heavy (non-hydrogen) atoms. The number of nitrogens with zero attached hydrogens (tertiary/aromatic N) is 2. The van der Waals surface area contributed by atoms with Crippen molar-refractivity contribution in [3.05, 3.63) is 43.0 Å². The highest BCUT2D eigenvalue weighted by Gasteiger charge is 2.29. The van der Waals surface area contributed by atoms with E-state index in [4.69, 9.17) is 4.74 Å².